The van der Waals surface area contributed by atoms with Gasteiger partial charge in [0.05, 0.1) is 33.0 Å². The van der Waals surface area contributed by atoms with Crippen LogP contribution in [0.1, 0.15) is 45.0 Å². The zero-order valence-electron chi connectivity index (χ0n) is 28.6. The van der Waals surface area contributed by atoms with Gasteiger partial charge < -0.3 is 28.8 Å². The van der Waals surface area contributed by atoms with E-state index in [-0.39, 0.29) is 6.61 Å². The molecule has 7 heteroatoms. The number of benzene rings is 5. The van der Waals surface area contributed by atoms with E-state index >= 15 is 0 Å². The highest BCUT2D eigenvalue weighted by Gasteiger charge is 2.51. The number of aliphatic hydroxyl groups excluding tert-OH is 1. The number of hydrogen-bond donors (Lipinski definition) is 1. The van der Waals surface area contributed by atoms with Gasteiger partial charge in [0.15, 0.2) is 0 Å². The van der Waals surface area contributed by atoms with Crippen molar-refractivity contribution in [2.45, 2.75) is 76.9 Å². The first-order chi connectivity index (χ1) is 24.5. The second-order valence-electron chi connectivity index (χ2n) is 12.8. The lowest BCUT2D eigenvalue weighted by atomic mass is 9.86. The number of halogens is 1. The monoisotopic (exact) mass is 736 g/mol. The molecule has 0 bridgehead atoms. The van der Waals surface area contributed by atoms with Crippen molar-refractivity contribution >= 4 is 15.9 Å². The van der Waals surface area contributed by atoms with Crippen molar-refractivity contribution in [1.29, 1.82) is 0 Å². The highest BCUT2D eigenvalue weighted by molar-refractivity contribution is 9.10. The molecule has 260 valence electrons. The van der Waals surface area contributed by atoms with Crippen molar-refractivity contribution in [3.8, 4) is 0 Å². The number of rotatable bonds is 15. The van der Waals surface area contributed by atoms with E-state index in [2.05, 4.69) is 15.9 Å². The topological polar surface area (TPSA) is 66.4 Å². The van der Waals surface area contributed by atoms with Crippen LogP contribution in [0.5, 0.6) is 0 Å². The van der Waals surface area contributed by atoms with Crippen molar-refractivity contribution in [2.24, 2.45) is 0 Å². The molecule has 5 aromatic rings. The fourth-order valence-corrected chi connectivity index (χ4v) is 7.32. The third kappa shape index (κ3) is 9.56. The molecule has 1 saturated heterocycles. The van der Waals surface area contributed by atoms with E-state index in [1.807, 2.05) is 147 Å². The Hall–Kier alpha value is -3.66. The van der Waals surface area contributed by atoms with E-state index in [0.29, 0.717) is 26.4 Å². The van der Waals surface area contributed by atoms with E-state index in [4.69, 9.17) is 23.7 Å². The summed E-state index contributed by atoms with van der Waals surface area (Å²) in [6, 6.07) is 44.3. The quantitative estimate of drug-likeness (QED) is 0.116. The Bertz CT molecular complexity index is 1710. The molecule has 5 aromatic carbocycles. The van der Waals surface area contributed by atoms with Gasteiger partial charge in [-0.3, -0.25) is 0 Å². The lowest BCUT2D eigenvalue weighted by Crippen LogP contribution is -2.62. The van der Waals surface area contributed by atoms with Gasteiger partial charge in [-0.05, 0) is 64.9 Å². The fraction of sp³-hybridized carbons (Fsp3) is 0.302. The summed E-state index contributed by atoms with van der Waals surface area (Å²) >= 11 is 3.62. The summed E-state index contributed by atoms with van der Waals surface area (Å²) in [4.78, 5) is 0. The normalized spacial score (nSPS) is 21.2. The Morgan fingerprint density at radius 1 is 0.580 bits per heavy atom. The van der Waals surface area contributed by atoms with Crippen LogP contribution in [0.2, 0.25) is 0 Å². The molecule has 3 unspecified atom stereocenters. The van der Waals surface area contributed by atoms with Crippen molar-refractivity contribution in [3.63, 3.8) is 0 Å². The molecule has 1 aliphatic heterocycles. The SMILES string of the molecule is Cc1cc(Br)cc(C)c1[C@@H](O)[C@H]1OC(COCc2ccccc2)[C@@H](OCc2ccccc2)C(OCc2ccccc2)C1OCc1ccccc1. The van der Waals surface area contributed by atoms with Gasteiger partial charge in [-0.25, -0.2) is 0 Å². The van der Waals surface area contributed by atoms with Crippen LogP contribution < -0.4 is 0 Å². The van der Waals surface area contributed by atoms with Gasteiger partial charge in [0.1, 0.15) is 36.6 Å². The molecule has 0 radical (unpaired) electrons. The molecule has 0 spiro atoms. The summed E-state index contributed by atoms with van der Waals surface area (Å²) < 4.78 is 34.6. The summed E-state index contributed by atoms with van der Waals surface area (Å²) in [5.41, 5.74) is 6.84. The molecule has 0 saturated carbocycles. The highest BCUT2D eigenvalue weighted by Crippen LogP contribution is 2.38. The van der Waals surface area contributed by atoms with E-state index in [1.54, 1.807) is 0 Å². The van der Waals surface area contributed by atoms with E-state index in [9.17, 15) is 5.11 Å². The molecule has 1 N–H and O–H groups in total. The smallest absolute Gasteiger partial charge is 0.117 e. The second kappa shape index (κ2) is 18.0. The van der Waals surface area contributed by atoms with Gasteiger partial charge in [0, 0.05) is 4.47 Å². The van der Waals surface area contributed by atoms with Gasteiger partial charge in [-0.1, -0.05) is 137 Å². The van der Waals surface area contributed by atoms with Crippen molar-refractivity contribution in [3.05, 3.63) is 177 Å². The van der Waals surface area contributed by atoms with Crippen molar-refractivity contribution in [2.75, 3.05) is 6.61 Å². The molecular formula is C43H45BrO6. The van der Waals surface area contributed by atoms with Gasteiger partial charge in [0.2, 0.25) is 0 Å². The van der Waals surface area contributed by atoms with Gasteiger partial charge in [0.25, 0.3) is 0 Å². The standard InChI is InChI=1S/C43H45BrO6/c1-30-23-36(44)24-31(2)38(30)39(45)41-43(49-28-35-21-13-6-14-22-35)42(48-27-34-19-11-5-12-20-34)40(47-26-33-17-9-4-10-18-33)37(50-41)29-46-25-32-15-7-3-8-16-32/h3-24,37,39-43,45H,25-29H2,1-2H3/t37?,39-,40-,41-,42?,43?/m1/s1. The maximum Gasteiger partial charge on any atom is 0.117 e. The first kappa shape index (κ1) is 36.1. The minimum atomic E-state index is -1.02. The molecular weight excluding hydrogens is 692 g/mol. The van der Waals surface area contributed by atoms with Crippen LogP contribution in [-0.4, -0.2) is 42.2 Å². The molecule has 0 aliphatic carbocycles. The molecule has 6 atom stereocenters. The van der Waals surface area contributed by atoms with Crippen LogP contribution >= 0.6 is 15.9 Å². The van der Waals surface area contributed by atoms with Crippen LogP contribution in [0.4, 0.5) is 0 Å². The van der Waals surface area contributed by atoms with Crippen molar-refractivity contribution in [1.82, 2.24) is 0 Å². The Morgan fingerprint density at radius 2 is 0.980 bits per heavy atom. The average molecular weight is 738 g/mol. The molecule has 0 aromatic heterocycles. The van der Waals surface area contributed by atoms with E-state index < -0.39 is 36.6 Å². The first-order valence-corrected chi connectivity index (χ1v) is 17.9. The Balaban J connectivity index is 1.38. The largest absolute Gasteiger partial charge is 0.386 e. The fourth-order valence-electron chi connectivity index (χ4n) is 6.63. The molecule has 50 heavy (non-hydrogen) atoms. The van der Waals surface area contributed by atoms with Crippen LogP contribution in [-0.2, 0) is 50.1 Å². The van der Waals surface area contributed by atoms with Gasteiger partial charge in [-0.2, -0.15) is 0 Å². The lowest BCUT2D eigenvalue weighted by molar-refractivity contribution is -0.287. The predicted molar refractivity (Wildman–Crippen MR) is 198 cm³/mol. The molecule has 1 fully saturated rings. The lowest BCUT2D eigenvalue weighted by Gasteiger charge is -2.47. The molecule has 6 rings (SSSR count). The van der Waals surface area contributed by atoms with Crippen LogP contribution in [0.15, 0.2) is 138 Å². The zero-order valence-corrected chi connectivity index (χ0v) is 30.2. The average Bonchev–Trinajstić information content (AvgIpc) is 3.14. The molecule has 6 nitrogen and oxygen atoms in total. The summed E-state index contributed by atoms with van der Waals surface area (Å²) in [6.07, 6.45) is -4.26. The number of hydrogen-bond acceptors (Lipinski definition) is 6. The summed E-state index contributed by atoms with van der Waals surface area (Å²) in [5, 5.41) is 12.3. The summed E-state index contributed by atoms with van der Waals surface area (Å²) in [6.45, 7) is 5.64. The van der Waals surface area contributed by atoms with E-state index in [1.165, 1.54) is 0 Å². The van der Waals surface area contributed by atoms with Crippen LogP contribution in [0.25, 0.3) is 0 Å². The predicted octanol–water partition coefficient (Wildman–Crippen LogP) is 8.84. The third-order valence-electron chi connectivity index (χ3n) is 9.08. The number of ether oxygens (including phenoxy) is 5. The third-order valence-corrected chi connectivity index (χ3v) is 9.54. The first-order valence-electron chi connectivity index (χ1n) is 17.1. The zero-order chi connectivity index (χ0) is 34.7. The minimum absolute atomic E-state index is 0.229. The maximum atomic E-state index is 12.3. The second-order valence-corrected chi connectivity index (χ2v) is 13.7. The van der Waals surface area contributed by atoms with Crippen LogP contribution in [0, 0.1) is 13.8 Å². The van der Waals surface area contributed by atoms with Gasteiger partial charge >= 0.3 is 0 Å². The van der Waals surface area contributed by atoms with Crippen LogP contribution in [0.3, 0.4) is 0 Å². The summed E-state index contributed by atoms with van der Waals surface area (Å²) in [5.74, 6) is 0. The molecule has 1 aliphatic rings. The molecule has 1 heterocycles. The Labute approximate surface area is 304 Å². The summed E-state index contributed by atoms with van der Waals surface area (Å²) in [7, 11) is 0. The van der Waals surface area contributed by atoms with Gasteiger partial charge in [-0.15, -0.1) is 0 Å². The number of aliphatic hydroxyl groups is 1. The van der Waals surface area contributed by atoms with E-state index in [0.717, 1.165) is 43.4 Å². The Kier molecular flexibility index (Phi) is 13.0. The maximum absolute atomic E-state index is 12.3. The Morgan fingerprint density at radius 3 is 1.44 bits per heavy atom. The number of aryl methyl sites for hydroxylation is 2. The molecule has 0 amide bonds. The minimum Gasteiger partial charge on any atom is -0.386 e. The highest BCUT2D eigenvalue weighted by atomic mass is 79.9. The van der Waals surface area contributed by atoms with Crippen molar-refractivity contribution < 1.29 is 28.8 Å².